The minimum Gasteiger partial charge on any atom is -0.427 e. The highest BCUT2D eigenvalue weighted by Crippen LogP contribution is 2.43. The molecule has 2 aliphatic carbocycles. The summed E-state index contributed by atoms with van der Waals surface area (Å²) < 4.78 is 11.2. The maximum atomic E-state index is 11.0. The van der Waals surface area contributed by atoms with Crippen LogP contribution in [0.5, 0.6) is 5.75 Å². The van der Waals surface area contributed by atoms with Gasteiger partial charge in [-0.2, -0.15) is 0 Å². The van der Waals surface area contributed by atoms with Gasteiger partial charge in [0.1, 0.15) is 5.75 Å². The summed E-state index contributed by atoms with van der Waals surface area (Å²) >= 11 is 0. The van der Waals surface area contributed by atoms with Crippen molar-refractivity contribution < 1.29 is 14.3 Å². The number of carbonyl (C=O) groups is 1. The highest BCUT2D eigenvalue weighted by molar-refractivity contribution is 5.69. The van der Waals surface area contributed by atoms with Gasteiger partial charge in [-0.15, -0.1) is 0 Å². The zero-order chi connectivity index (χ0) is 19.1. The largest absolute Gasteiger partial charge is 0.427 e. The Balaban J connectivity index is 1.41. The van der Waals surface area contributed by atoms with E-state index in [9.17, 15) is 4.79 Å². The van der Waals surface area contributed by atoms with Crippen LogP contribution in [-0.4, -0.2) is 18.7 Å². The second-order valence-corrected chi connectivity index (χ2v) is 8.54. The Morgan fingerprint density at radius 1 is 0.926 bits per heavy atom. The van der Waals surface area contributed by atoms with Crippen LogP contribution in [0.3, 0.4) is 0 Å². The van der Waals surface area contributed by atoms with E-state index >= 15 is 0 Å². The molecular formula is C24H36O3. The molecule has 2 aliphatic rings. The average molecular weight is 373 g/mol. The van der Waals surface area contributed by atoms with Gasteiger partial charge < -0.3 is 9.47 Å². The van der Waals surface area contributed by atoms with E-state index < -0.39 is 0 Å². The van der Waals surface area contributed by atoms with Crippen molar-refractivity contribution in [1.29, 1.82) is 0 Å². The lowest BCUT2D eigenvalue weighted by Crippen LogP contribution is -2.28. The molecule has 0 spiro atoms. The van der Waals surface area contributed by atoms with E-state index in [1.165, 1.54) is 76.7 Å². The van der Waals surface area contributed by atoms with Crippen LogP contribution in [-0.2, 0) is 9.53 Å². The van der Waals surface area contributed by atoms with Crippen molar-refractivity contribution in [2.45, 2.75) is 90.1 Å². The van der Waals surface area contributed by atoms with E-state index in [1.54, 1.807) is 0 Å². The van der Waals surface area contributed by atoms with E-state index in [4.69, 9.17) is 9.47 Å². The Morgan fingerprint density at radius 2 is 1.52 bits per heavy atom. The van der Waals surface area contributed by atoms with Gasteiger partial charge in [0, 0.05) is 13.5 Å². The summed E-state index contributed by atoms with van der Waals surface area (Å²) in [5, 5.41) is 0. The summed E-state index contributed by atoms with van der Waals surface area (Å²) in [6, 6.07) is 8.15. The lowest BCUT2D eigenvalue weighted by Gasteiger charge is -2.38. The molecule has 3 rings (SSSR count). The van der Waals surface area contributed by atoms with Crippen LogP contribution in [0.1, 0.15) is 89.5 Å². The predicted molar refractivity (Wildman–Crippen MR) is 109 cm³/mol. The molecule has 2 saturated carbocycles. The molecule has 0 bridgehead atoms. The molecule has 0 aromatic heterocycles. The Kier molecular flexibility index (Phi) is 7.75. The molecule has 0 aliphatic heterocycles. The third-order valence-corrected chi connectivity index (χ3v) is 6.62. The molecule has 0 radical (unpaired) electrons. The number of hydrogen-bond donors (Lipinski definition) is 0. The highest BCUT2D eigenvalue weighted by Gasteiger charge is 2.31. The van der Waals surface area contributed by atoms with Gasteiger partial charge in [0.2, 0.25) is 0 Å². The molecular weight excluding hydrogens is 336 g/mol. The number of rotatable bonds is 7. The summed E-state index contributed by atoms with van der Waals surface area (Å²) in [6.07, 6.45) is 13.5. The fourth-order valence-corrected chi connectivity index (χ4v) is 5.02. The van der Waals surface area contributed by atoms with E-state index in [1.807, 2.05) is 12.1 Å². The van der Waals surface area contributed by atoms with Gasteiger partial charge >= 0.3 is 5.97 Å². The molecule has 3 heteroatoms. The lowest BCUT2D eigenvalue weighted by molar-refractivity contribution is -0.131. The third-order valence-electron chi connectivity index (χ3n) is 6.62. The molecule has 150 valence electrons. The van der Waals surface area contributed by atoms with Gasteiger partial charge in [-0.3, -0.25) is 4.79 Å². The zero-order valence-corrected chi connectivity index (χ0v) is 17.1. The van der Waals surface area contributed by atoms with Crippen molar-refractivity contribution in [1.82, 2.24) is 0 Å². The van der Waals surface area contributed by atoms with Gasteiger partial charge in [0.15, 0.2) is 0 Å². The van der Waals surface area contributed by atoms with Crippen molar-refractivity contribution in [2.75, 3.05) is 6.61 Å². The Bertz CT molecular complexity index is 564. The first-order valence-electron chi connectivity index (χ1n) is 11.1. The standard InChI is InChI=1S/C24H36O3/c1-3-4-17-26-23-13-9-21(10-14-23)19-5-7-20(8-6-19)22-11-15-24(16-12-22)27-18(2)25/h11-12,15-16,19-21,23H,3-10,13-14,17H2,1-2H3. The molecule has 0 heterocycles. The number of esters is 1. The number of unbranched alkanes of at least 4 members (excludes halogenated alkanes) is 1. The predicted octanol–water partition coefficient (Wildman–Crippen LogP) is 6.26. The summed E-state index contributed by atoms with van der Waals surface area (Å²) in [5.74, 6) is 2.90. The zero-order valence-electron chi connectivity index (χ0n) is 17.1. The first kappa shape index (κ1) is 20.4. The van der Waals surface area contributed by atoms with Crippen LogP contribution in [0.15, 0.2) is 24.3 Å². The molecule has 0 unspecified atom stereocenters. The molecule has 27 heavy (non-hydrogen) atoms. The monoisotopic (exact) mass is 372 g/mol. The minimum absolute atomic E-state index is 0.256. The number of hydrogen-bond acceptors (Lipinski definition) is 3. The molecule has 0 amide bonds. The smallest absolute Gasteiger partial charge is 0.308 e. The molecule has 0 N–H and O–H groups in total. The van der Waals surface area contributed by atoms with Crippen molar-refractivity contribution in [3.05, 3.63) is 29.8 Å². The first-order valence-corrected chi connectivity index (χ1v) is 11.1. The third kappa shape index (κ3) is 6.07. The number of ether oxygens (including phenoxy) is 2. The minimum atomic E-state index is -0.256. The summed E-state index contributed by atoms with van der Waals surface area (Å²) in [4.78, 5) is 11.0. The van der Waals surface area contributed by atoms with Gasteiger partial charge in [-0.1, -0.05) is 25.5 Å². The van der Waals surface area contributed by atoms with E-state index in [2.05, 4.69) is 19.1 Å². The Labute approximate surface area is 164 Å². The topological polar surface area (TPSA) is 35.5 Å². The van der Waals surface area contributed by atoms with Crippen LogP contribution < -0.4 is 4.74 Å². The Morgan fingerprint density at radius 3 is 2.07 bits per heavy atom. The SMILES string of the molecule is CCCCOC1CCC(C2CCC(c3ccc(OC(C)=O)cc3)CC2)CC1. The van der Waals surface area contributed by atoms with Gasteiger partial charge in [-0.05, 0) is 93.2 Å². The molecule has 0 saturated heterocycles. The summed E-state index contributed by atoms with van der Waals surface area (Å²) in [6.45, 7) is 4.62. The summed E-state index contributed by atoms with van der Waals surface area (Å²) in [7, 11) is 0. The second-order valence-electron chi connectivity index (χ2n) is 8.54. The molecule has 1 aromatic carbocycles. The van der Waals surface area contributed by atoms with Crippen molar-refractivity contribution in [3.8, 4) is 5.75 Å². The Hall–Kier alpha value is -1.35. The van der Waals surface area contributed by atoms with E-state index in [-0.39, 0.29) is 5.97 Å². The maximum Gasteiger partial charge on any atom is 0.308 e. The quantitative estimate of drug-likeness (QED) is 0.322. The van der Waals surface area contributed by atoms with Crippen LogP contribution in [0.4, 0.5) is 0 Å². The normalized spacial score (nSPS) is 28.7. The lowest BCUT2D eigenvalue weighted by atomic mass is 9.69. The van der Waals surface area contributed by atoms with Crippen LogP contribution >= 0.6 is 0 Å². The maximum absolute atomic E-state index is 11.0. The first-order chi connectivity index (χ1) is 13.2. The van der Waals surface area contributed by atoms with Gasteiger partial charge in [-0.25, -0.2) is 0 Å². The second kappa shape index (κ2) is 10.3. The van der Waals surface area contributed by atoms with Crippen LogP contribution in [0.2, 0.25) is 0 Å². The molecule has 3 nitrogen and oxygen atoms in total. The van der Waals surface area contributed by atoms with Gasteiger partial charge in [0.05, 0.1) is 6.10 Å². The van der Waals surface area contributed by atoms with Crippen LogP contribution in [0, 0.1) is 11.8 Å². The van der Waals surface area contributed by atoms with Gasteiger partial charge in [0.25, 0.3) is 0 Å². The fourth-order valence-electron chi connectivity index (χ4n) is 5.02. The van der Waals surface area contributed by atoms with E-state index in [0.717, 1.165) is 18.4 Å². The van der Waals surface area contributed by atoms with Crippen LogP contribution in [0.25, 0.3) is 0 Å². The van der Waals surface area contributed by atoms with Crippen molar-refractivity contribution in [3.63, 3.8) is 0 Å². The van der Waals surface area contributed by atoms with Crippen molar-refractivity contribution >= 4 is 5.97 Å². The fraction of sp³-hybridized carbons (Fsp3) is 0.708. The number of benzene rings is 1. The highest BCUT2D eigenvalue weighted by atomic mass is 16.5. The molecule has 1 aromatic rings. The average Bonchev–Trinajstić information content (AvgIpc) is 2.69. The summed E-state index contributed by atoms with van der Waals surface area (Å²) in [5.41, 5.74) is 1.40. The number of carbonyl (C=O) groups excluding carboxylic acids is 1. The molecule has 2 fully saturated rings. The molecule has 0 atom stereocenters. The van der Waals surface area contributed by atoms with Crippen molar-refractivity contribution in [2.24, 2.45) is 11.8 Å². The van der Waals surface area contributed by atoms with E-state index in [0.29, 0.717) is 17.8 Å².